The molecule has 0 aliphatic rings. The first-order valence-corrected chi connectivity index (χ1v) is 19.3. The van der Waals surface area contributed by atoms with Gasteiger partial charge in [0.1, 0.15) is 6.10 Å². The van der Waals surface area contributed by atoms with Crippen LogP contribution >= 0.6 is 7.60 Å². The number of aryl methyl sites for hydroxylation is 1. The van der Waals surface area contributed by atoms with Crippen molar-refractivity contribution >= 4 is 24.8 Å². The minimum atomic E-state index is -4.83. The summed E-state index contributed by atoms with van der Waals surface area (Å²) >= 11 is 0. The summed E-state index contributed by atoms with van der Waals surface area (Å²) in [6.07, 6.45) is 18.3. The molecule has 2 unspecified atom stereocenters. The van der Waals surface area contributed by atoms with Gasteiger partial charge >= 0.3 is 13.6 Å². The largest absolute Gasteiger partial charge is 0.481 e. The monoisotopic (exact) mass is 675 g/mol. The highest BCUT2D eigenvalue weighted by Gasteiger charge is 2.34. The Kier molecular flexibility index (Phi) is 20.5. The Morgan fingerprint density at radius 2 is 1.30 bits per heavy atom. The Bertz CT molecular complexity index is 1200. The Morgan fingerprint density at radius 1 is 0.766 bits per heavy atom. The predicted molar refractivity (Wildman–Crippen MR) is 187 cm³/mol. The number of amides is 1. The molecule has 0 aliphatic heterocycles. The number of aliphatic hydroxyl groups is 1. The third-order valence-corrected chi connectivity index (χ3v) is 9.61. The fourth-order valence-electron chi connectivity index (χ4n) is 5.96. The number of aliphatic carboxylic acids is 1. The normalized spacial score (nSPS) is 12.9. The van der Waals surface area contributed by atoms with E-state index in [4.69, 9.17) is 4.74 Å². The minimum absolute atomic E-state index is 0.00218. The molecule has 10 heteroatoms. The van der Waals surface area contributed by atoms with Crippen molar-refractivity contribution in [2.75, 3.05) is 13.2 Å². The molecule has 0 heterocycles. The van der Waals surface area contributed by atoms with Crippen LogP contribution in [0.15, 0.2) is 48.5 Å². The SMILES string of the molecule is CCCCCCCCCCCCCCCCCCOC(c1c(CCC(=O)O)cccc1P(=O)(O)O)C(CO)NC(=O)c1ccccc1. The maximum absolute atomic E-state index is 13.1. The number of carboxylic acid groups (broad SMARTS) is 1. The van der Waals surface area contributed by atoms with Crippen molar-refractivity contribution in [1.82, 2.24) is 5.32 Å². The first kappa shape index (κ1) is 40.6. The van der Waals surface area contributed by atoms with Crippen molar-refractivity contribution in [3.8, 4) is 0 Å². The molecular weight excluding hydrogens is 617 g/mol. The number of nitrogens with one attached hydrogen (secondary N) is 1. The zero-order chi connectivity index (χ0) is 34.3. The van der Waals surface area contributed by atoms with Crippen LogP contribution in [0.3, 0.4) is 0 Å². The molecule has 264 valence electrons. The molecule has 0 fully saturated rings. The second kappa shape index (κ2) is 23.7. The van der Waals surface area contributed by atoms with Crippen LogP contribution in [-0.4, -0.2) is 51.1 Å². The minimum Gasteiger partial charge on any atom is -0.481 e. The van der Waals surface area contributed by atoms with Gasteiger partial charge in [-0.1, -0.05) is 134 Å². The summed E-state index contributed by atoms with van der Waals surface area (Å²) in [7, 11) is -4.83. The molecule has 0 aliphatic carbocycles. The van der Waals surface area contributed by atoms with Crippen LogP contribution in [0.1, 0.15) is 144 Å². The zero-order valence-electron chi connectivity index (χ0n) is 28.3. The summed E-state index contributed by atoms with van der Waals surface area (Å²) in [6, 6.07) is 11.8. The van der Waals surface area contributed by atoms with Gasteiger partial charge in [-0.2, -0.15) is 0 Å². The van der Waals surface area contributed by atoms with E-state index in [1.54, 1.807) is 36.4 Å². The van der Waals surface area contributed by atoms with Crippen LogP contribution in [0.4, 0.5) is 0 Å². The molecule has 0 saturated carbocycles. The van der Waals surface area contributed by atoms with Crippen molar-refractivity contribution in [3.63, 3.8) is 0 Å². The molecule has 0 spiro atoms. The van der Waals surface area contributed by atoms with E-state index in [9.17, 15) is 34.2 Å². The van der Waals surface area contributed by atoms with E-state index in [0.717, 1.165) is 19.3 Å². The second-order valence-electron chi connectivity index (χ2n) is 12.5. The number of unbranched alkanes of at least 4 members (excludes halogenated alkanes) is 15. The number of hydrogen-bond donors (Lipinski definition) is 5. The van der Waals surface area contributed by atoms with Crippen molar-refractivity contribution in [2.24, 2.45) is 0 Å². The van der Waals surface area contributed by atoms with Gasteiger partial charge in [0, 0.05) is 24.2 Å². The Morgan fingerprint density at radius 3 is 1.79 bits per heavy atom. The molecule has 0 radical (unpaired) electrons. The van der Waals surface area contributed by atoms with Gasteiger partial charge in [0.05, 0.1) is 18.0 Å². The lowest BCUT2D eigenvalue weighted by Crippen LogP contribution is -2.44. The molecule has 0 aromatic heterocycles. The zero-order valence-corrected chi connectivity index (χ0v) is 29.2. The van der Waals surface area contributed by atoms with E-state index in [0.29, 0.717) is 17.5 Å². The lowest BCUT2D eigenvalue weighted by molar-refractivity contribution is -0.136. The predicted octanol–water partition coefficient (Wildman–Crippen LogP) is 7.62. The van der Waals surface area contributed by atoms with Gasteiger partial charge in [0.2, 0.25) is 0 Å². The standard InChI is InChI=1S/C37H58NO8P/c1-2-3-4-5-6-7-8-9-10-11-12-13-14-15-16-20-28-46-36(32(29-39)38-37(42)31-22-18-17-19-23-31)35-30(26-27-34(40)41)24-21-25-33(35)47(43,44)45/h17-19,21-25,32,36,39H,2-16,20,26-29H2,1H3,(H,38,42)(H,40,41)(H2,43,44,45). The van der Waals surface area contributed by atoms with Crippen molar-refractivity contribution in [1.29, 1.82) is 0 Å². The Balaban J connectivity index is 1.96. The second-order valence-corrected chi connectivity index (χ2v) is 14.1. The van der Waals surface area contributed by atoms with Gasteiger partial charge in [-0.25, -0.2) is 0 Å². The Hall–Kier alpha value is -2.55. The first-order valence-electron chi connectivity index (χ1n) is 17.7. The van der Waals surface area contributed by atoms with E-state index >= 15 is 0 Å². The number of benzene rings is 2. The van der Waals surface area contributed by atoms with Crippen LogP contribution in [0, 0.1) is 0 Å². The van der Waals surface area contributed by atoms with Crippen LogP contribution < -0.4 is 10.6 Å². The van der Waals surface area contributed by atoms with E-state index in [-0.39, 0.29) is 30.3 Å². The highest BCUT2D eigenvalue weighted by atomic mass is 31.2. The number of carbonyl (C=O) groups excluding carboxylic acids is 1. The summed E-state index contributed by atoms with van der Waals surface area (Å²) in [5.74, 6) is -1.53. The number of carbonyl (C=O) groups is 2. The van der Waals surface area contributed by atoms with Gasteiger partial charge < -0.3 is 30.1 Å². The maximum atomic E-state index is 13.1. The lowest BCUT2D eigenvalue weighted by Gasteiger charge is -2.31. The molecule has 2 aromatic carbocycles. The molecular formula is C37H58NO8P. The van der Waals surface area contributed by atoms with Gasteiger partial charge in [-0.05, 0) is 36.6 Å². The third kappa shape index (κ3) is 16.4. The van der Waals surface area contributed by atoms with E-state index < -0.39 is 38.2 Å². The summed E-state index contributed by atoms with van der Waals surface area (Å²) in [5.41, 5.74) is 0.862. The van der Waals surface area contributed by atoms with Crippen LogP contribution in [0.25, 0.3) is 0 Å². The summed E-state index contributed by atoms with van der Waals surface area (Å²) in [5, 5.41) is 22.2. The number of ether oxygens (including phenoxy) is 1. The first-order chi connectivity index (χ1) is 22.7. The van der Waals surface area contributed by atoms with E-state index in [1.165, 1.54) is 89.2 Å². The fraction of sp³-hybridized carbons (Fsp3) is 0.622. The van der Waals surface area contributed by atoms with Gasteiger partial charge in [-0.15, -0.1) is 0 Å². The van der Waals surface area contributed by atoms with Gasteiger partial charge in [-0.3, -0.25) is 14.2 Å². The lowest BCUT2D eigenvalue weighted by atomic mass is 9.94. The van der Waals surface area contributed by atoms with Crippen LogP contribution in [-0.2, 0) is 20.5 Å². The molecule has 2 rings (SSSR count). The van der Waals surface area contributed by atoms with Crippen LogP contribution in [0.5, 0.6) is 0 Å². The number of carboxylic acids is 1. The number of rotatable bonds is 27. The molecule has 9 nitrogen and oxygen atoms in total. The molecule has 0 bridgehead atoms. The smallest absolute Gasteiger partial charge is 0.356 e. The molecule has 47 heavy (non-hydrogen) atoms. The van der Waals surface area contributed by atoms with Gasteiger partial charge in [0.15, 0.2) is 0 Å². The van der Waals surface area contributed by atoms with Crippen molar-refractivity contribution in [3.05, 3.63) is 65.2 Å². The average molecular weight is 676 g/mol. The average Bonchev–Trinajstić information content (AvgIpc) is 3.06. The molecule has 2 atom stereocenters. The topological polar surface area (TPSA) is 153 Å². The number of aliphatic hydroxyl groups excluding tert-OH is 1. The quantitative estimate of drug-likeness (QED) is 0.0479. The highest BCUT2D eigenvalue weighted by Crippen LogP contribution is 2.39. The molecule has 1 amide bonds. The van der Waals surface area contributed by atoms with Crippen molar-refractivity contribution < 1.29 is 38.9 Å². The Labute approximate surface area is 281 Å². The van der Waals surface area contributed by atoms with Crippen molar-refractivity contribution in [2.45, 2.75) is 135 Å². The van der Waals surface area contributed by atoms with Gasteiger partial charge in [0.25, 0.3) is 5.91 Å². The maximum Gasteiger partial charge on any atom is 0.356 e. The fourth-order valence-corrected chi connectivity index (χ4v) is 6.83. The molecule has 2 aromatic rings. The third-order valence-electron chi connectivity index (χ3n) is 8.59. The summed E-state index contributed by atoms with van der Waals surface area (Å²) in [4.78, 5) is 44.9. The highest BCUT2D eigenvalue weighted by molar-refractivity contribution is 7.60. The van der Waals surface area contributed by atoms with E-state index in [2.05, 4.69) is 12.2 Å². The summed E-state index contributed by atoms with van der Waals surface area (Å²) in [6.45, 7) is 1.94. The number of hydrogen-bond acceptors (Lipinski definition) is 5. The molecule has 5 N–H and O–H groups in total. The summed E-state index contributed by atoms with van der Waals surface area (Å²) < 4.78 is 18.9. The molecule has 0 saturated heterocycles. The van der Waals surface area contributed by atoms with E-state index in [1.807, 2.05) is 0 Å². The van der Waals surface area contributed by atoms with Crippen LogP contribution in [0.2, 0.25) is 0 Å².